The maximum atomic E-state index is 12.6. The quantitative estimate of drug-likeness (QED) is 0.175. The number of para-hydroxylation sites is 1. The van der Waals surface area contributed by atoms with E-state index in [4.69, 9.17) is 9.97 Å². The molecule has 66 heavy (non-hydrogen) atoms. The average Bonchev–Trinajstić information content (AvgIpc) is 3.74. The van der Waals surface area contributed by atoms with Crippen LogP contribution in [-0.4, -0.2) is 19.6 Å². The number of pyridine rings is 1. The minimum absolute atomic E-state index is 0. The van der Waals surface area contributed by atoms with Gasteiger partial charge >= 0.3 is 0 Å². The molecular formula is C61H64N3OPt-. The number of nitrogens with zero attached hydrogens (tertiary/aromatic N) is 3. The van der Waals surface area contributed by atoms with Crippen LogP contribution in [0.5, 0.6) is 5.75 Å². The number of phenolic OH excluding ortho intramolecular Hbond substituents is 1. The number of phenols is 1. The van der Waals surface area contributed by atoms with E-state index in [1.165, 1.54) is 33.4 Å². The molecule has 0 radical (unpaired) electrons. The summed E-state index contributed by atoms with van der Waals surface area (Å²) >= 11 is 0. The third-order valence-corrected chi connectivity index (χ3v) is 13.6. The first-order valence-electron chi connectivity index (χ1n) is 23.2. The van der Waals surface area contributed by atoms with Gasteiger partial charge in [-0.1, -0.05) is 187 Å². The predicted octanol–water partition coefficient (Wildman–Crippen LogP) is 16.1. The number of hydrogen-bond donors (Lipinski definition) is 1. The second-order valence-corrected chi connectivity index (χ2v) is 22.9. The van der Waals surface area contributed by atoms with Gasteiger partial charge in [-0.25, -0.2) is 4.98 Å². The standard InChI is InChI=1S/C61H64N3O.Pt/c1-57(2,3)40-27-28-50(46(34-40)37-21-16-15-17-22-37)64-51-26-20-24-43(54(51)63-56(64)47-35-42(59(7,8)9)36-49(55(47)65)60(10,11)12)38-31-39(33-41(32-38)58(4,5)6)53-52-45(29-30-62-53)44-23-18-19-25-48(44)61(52,13)14;/h15-30,32-36,65H,1-14H3;/q-1;. The van der Waals surface area contributed by atoms with Gasteiger partial charge < -0.3 is 5.11 Å². The van der Waals surface area contributed by atoms with Crippen LogP contribution < -0.4 is 0 Å². The predicted molar refractivity (Wildman–Crippen MR) is 273 cm³/mol. The van der Waals surface area contributed by atoms with E-state index in [9.17, 15) is 5.11 Å². The molecule has 9 rings (SSSR count). The summed E-state index contributed by atoms with van der Waals surface area (Å²) in [4.78, 5) is 10.9. The van der Waals surface area contributed by atoms with E-state index in [-0.39, 0.29) is 53.9 Å². The van der Waals surface area contributed by atoms with Crippen molar-refractivity contribution in [2.24, 2.45) is 0 Å². The molecule has 0 saturated heterocycles. The molecule has 6 aromatic carbocycles. The van der Waals surface area contributed by atoms with Crippen molar-refractivity contribution in [3.63, 3.8) is 0 Å². The smallest absolute Gasteiger partial charge is 0.148 e. The SMILES string of the molecule is CC(C)(C)c1cc(-c2nccc3c2C(C)(C)c2ccccc2-3)[c-]c(-c2cccc3c2nc(-c2cc(C(C)(C)C)cc(C(C)(C)C)c2O)n3-c2ccc(C(C)(C)C)cc2-c2ccccc2)c1.[Pt]. The number of fused-ring (bicyclic) bond motifs is 4. The van der Waals surface area contributed by atoms with Gasteiger partial charge in [0.25, 0.3) is 0 Å². The van der Waals surface area contributed by atoms with Crippen LogP contribution in [0.1, 0.15) is 130 Å². The largest absolute Gasteiger partial charge is 0.507 e. The Balaban J connectivity index is 0.00000592. The van der Waals surface area contributed by atoms with Crippen molar-refractivity contribution in [2.75, 3.05) is 0 Å². The van der Waals surface area contributed by atoms with Crippen molar-refractivity contribution in [2.45, 2.75) is 124 Å². The summed E-state index contributed by atoms with van der Waals surface area (Å²) in [7, 11) is 0. The minimum atomic E-state index is -0.327. The number of aromatic nitrogens is 3. The number of hydrogen-bond acceptors (Lipinski definition) is 3. The Morgan fingerprint density at radius 1 is 0.545 bits per heavy atom. The zero-order chi connectivity index (χ0) is 46.6. The van der Waals surface area contributed by atoms with Crippen LogP contribution >= 0.6 is 0 Å². The van der Waals surface area contributed by atoms with E-state index in [1.807, 2.05) is 6.20 Å². The Morgan fingerprint density at radius 3 is 1.82 bits per heavy atom. The molecule has 1 aliphatic carbocycles. The molecule has 0 atom stereocenters. The van der Waals surface area contributed by atoms with Crippen molar-refractivity contribution in [3.05, 3.63) is 167 Å². The Kier molecular flexibility index (Phi) is 11.6. The summed E-state index contributed by atoms with van der Waals surface area (Å²) in [6.45, 7) is 31.5. The van der Waals surface area contributed by atoms with Crippen LogP contribution in [0.2, 0.25) is 0 Å². The van der Waals surface area contributed by atoms with Crippen LogP contribution in [0, 0.1) is 6.07 Å². The molecule has 0 bridgehead atoms. The van der Waals surface area contributed by atoms with Gasteiger partial charge in [-0.3, -0.25) is 9.55 Å². The van der Waals surface area contributed by atoms with E-state index in [2.05, 4.69) is 229 Å². The van der Waals surface area contributed by atoms with Crippen LogP contribution in [-0.2, 0) is 48.1 Å². The summed E-state index contributed by atoms with van der Waals surface area (Å²) in [5.41, 5.74) is 18.1. The maximum absolute atomic E-state index is 12.6. The molecule has 1 aliphatic rings. The minimum Gasteiger partial charge on any atom is -0.507 e. The van der Waals surface area contributed by atoms with Crippen LogP contribution in [0.3, 0.4) is 0 Å². The molecule has 5 heteroatoms. The van der Waals surface area contributed by atoms with Crippen LogP contribution in [0.4, 0.5) is 0 Å². The molecular weight excluding hydrogens is 986 g/mol. The van der Waals surface area contributed by atoms with Crippen molar-refractivity contribution < 1.29 is 26.2 Å². The zero-order valence-corrected chi connectivity index (χ0v) is 43.5. The molecule has 0 spiro atoms. The molecule has 4 nitrogen and oxygen atoms in total. The number of imidazole rings is 1. The number of rotatable bonds is 5. The molecule has 0 aliphatic heterocycles. The molecule has 2 heterocycles. The zero-order valence-electron chi connectivity index (χ0n) is 41.2. The summed E-state index contributed by atoms with van der Waals surface area (Å²) in [5, 5.41) is 12.6. The molecule has 340 valence electrons. The van der Waals surface area contributed by atoms with Crippen LogP contribution in [0.15, 0.2) is 128 Å². The van der Waals surface area contributed by atoms with E-state index in [0.717, 1.165) is 61.4 Å². The summed E-state index contributed by atoms with van der Waals surface area (Å²) in [5.74, 6) is 0.948. The van der Waals surface area contributed by atoms with Crippen molar-refractivity contribution in [1.82, 2.24) is 14.5 Å². The average molecular weight is 1050 g/mol. The molecule has 1 N–H and O–H groups in total. The van der Waals surface area contributed by atoms with Gasteiger partial charge in [-0.15, -0.1) is 29.3 Å². The van der Waals surface area contributed by atoms with Gasteiger partial charge in [0.1, 0.15) is 11.6 Å². The second kappa shape index (κ2) is 16.3. The third-order valence-electron chi connectivity index (χ3n) is 13.6. The number of aromatic hydroxyl groups is 1. The third kappa shape index (κ3) is 8.08. The topological polar surface area (TPSA) is 50.9 Å². The second-order valence-electron chi connectivity index (χ2n) is 22.9. The molecule has 0 amide bonds. The van der Waals surface area contributed by atoms with Gasteiger partial charge in [0.15, 0.2) is 0 Å². The molecule has 2 aromatic heterocycles. The van der Waals surface area contributed by atoms with E-state index in [1.54, 1.807) is 0 Å². The van der Waals surface area contributed by atoms with E-state index >= 15 is 0 Å². The number of benzene rings is 6. The van der Waals surface area contributed by atoms with Gasteiger partial charge in [-0.05, 0) is 90.9 Å². The summed E-state index contributed by atoms with van der Waals surface area (Å²) < 4.78 is 2.29. The molecule has 8 aromatic rings. The Bertz CT molecular complexity index is 3160. The fraction of sp³-hybridized carbons (Fsp3) is 0.311. The fourth-order valence-corrected chi connectivity index (χ4v) is 9.79. The van der Waals surface area contributed by atoms with E-state index in [0.29, 0.717) is 11.4 Å². The van der Waals surface area contributed by atoms with Gasteiger partial charge in [0.2, 0.25) is 0 Å². The monoisotopic (exact) mass is 1050 g/mol. The van der Waals surface area contributed by atoms with E-state index < -0.39 is 0 Å². The molecule has 0 fully saturated rings. The Labute approximate surface area is 407 Å². The van der Waals surface area contributed by atoms with Crippen molar-refractivity contribution in [3.8, 4) is 67.5 Å². The first-order valence-corrected chi connectivity index (χ1v) is 23.2. The summed E-state index contributed by atoms with van der Waals surface area (Å²) in [6, 6.07) is 47.8. The normalized spacial score (nSPS) is 13.7. The van der Waals surface area contributed by atoms with Crippen molar-refractivity contribution >= 4 is 11.0 Å². The van der Waals surface area contributed by atoms with Gasteiger partial charge in [-0.2, -0.15) is 0 Å². The fourth-order valence-electron chi connectivity index (χ4n) is 9.79. The van der Waals surface area contributed by atoms with Gasteiger partial charge in [0, 0.05) is 49.5 Å². The summed E-state index contributed by atoms with van der Waals surface area (Å²) in [6.07, 6.45) is 1.96. The Morgan fingerprint density at radius 2 is 1.15 bits per heavy atom. The van der Waals surface area contributed by atoms with Gasteiger partial charge in [0.05, 0.1) is 22.3 Å². The van der Waals surface area contributed by atoms with Crippen LogP contribution in [0.25, 0.3) is 72.7 Å². The Hall–Kier alpha value is -5.57. The first-order chi connectivity index (χ1) is 30.4. The van der Waals surface area contributed by atoms with Crippen molar-refractivity contribution in [1.29, 1.82) is 0 Å². The maximum Gasteiger partial charge on any atom is 0.148 e. The molecule has 0 saturated carbocycles. The first kappa shape index (κ1) is 46.9. The molecule has 0 unspecified atom stereocenters.